The molecule has 0 aromatic rings. The predicted octanol–water partition coefficient (Wildman–Crippen LogP) is 2.73. The van der Waals surface area contributed by atoms with E-state index in [-0.39, 0.29) is 6.04 Å². The zero-order valence-corrected chi connectivity index (χ0v) is 11.0. The molecule has 0 radical (unpaired) electrons. The van der Waals surface area contributed by atoms with Crippen LogP contribution in [0.1, 0.15) is 64.2 Å². The van der Waals surface area contributed by atoms with E-state index in [2.05, 4.69) is 0 Å². The molecule has 0 aromatic heterocycles. The number of hydrogen-bond donors (Lipinski definition) is 1. The molecule has 2 aliphatic carbocycles. The van der Waals surface area contributed by atoms with Gasteiger partial charge in [0.1, 0.15) is 0 Å². The van der Waals surface area contributed by atoms with Gasteiger partial charge in [0.2, 0.25) is 0 Å². The van der Waals surface area contributed by atoms with E-state index in [1.807, 2.05) is 0 Å². The molecule has 3 unspecified atom stereocenters. The van der Waals surface area contributed by atoms with Gasteiger partial charge in [0, 0.05) is 22.1 Å². The van der Waals surface area contributed by atoms with Crippen molar-refractivity contribution in [2.75, 3.05) is 0 Å². The normalized spacial score (nSPS) is 35.6. The molecule has 0 saturated heterocycles. The van der Waals surface area contributed by atoms with Crippen LogP contribution in [0.2, 0.25) is 0 Å². The molecule has 16 heavy (non-hydrogen) atoms. The largest absolute Gasteiger partial charge is 0.327 e. The third-order valence-corrected chi connectivity index (χ3v) is 6.49. The molecule has 0 heterocycles. The van der Waals surface area contributed by atoms with E-state index >= 15 is 0 Å². The fraction of sp³-hybridized carbons (Fsp3) is 1.00. The number of rotatable bonds is 2. The maximum Gasteiger partial charge on any atom is 0.0501 e. The van der Waals surface area contributed by atoms with Gasteiger partial charge in [-0.1, -0.05) is 38.5 Å². The second kappa shape index (κ2) is 6.15. The van der Waals surface area contributed by atoms with Crippen LogP contribution in [-0.4, -0.2) is 20.8 Å². The van der Waals surface area contributed by atoms with Crippen LogP contribution in [0.25, 0.3) is 0 Å². The number of nitrogens with two attached hydrogens (primary N) is 1. The van der Waals surface area contributed by atoms with E-state index in [1.54, 1.807) is 0 Å². The molecule has 3 heteroatoms. The third kappa shape index (κ3) is 3.07. The standard InChI is InChI=1S/C13H25NOS/c14-12-9-3-1-2-4-10-13(12)16(15)11-7-5-6-8-11/h11-13H,1-10,14H2. The van der Waals surface area contributed by atoms with Crippen molar-refractivity contribution in [3.63, 3.8) is 0 Å². The summed E-state index contributed by atoms with van der Waals surface area (Å²) in [5, 5.41) is 0.763. The first-order chi connectivity index (χ1) is 7.79. The van der Waals surface area contributed by atoms with E-state index in [4.69, 9.17) is 5.73 Å². The van der Waals surface area contributed by atoms with E-state index in [1.165, 1.54) is 51.4 Å². The Morgan fingerprint density at radius 1 is 0.812 bits per heavy atom. The quantitative estimate of drug-likeness (QED) is 0.810. The Hall–Kier alpha value is 0.110. The first kappa shape index (κ1) is 12.6. The summed E-state index contributed by atoms with van der Waals surface area (Å²) in [5.74, 6) is 0. The molecular formula is C13H25NOS. The molecule has 2 nitrogen and oxygen atoms in total. The van der Waals surface area contributed by atoms with Crippen molar-refractivity contribution >= 4 is 10.8 Å². The van der Waals surface area contributed by atoms with Crippen LogP contribution in [0.5, 0.6) is 0 Å². The van der Waals surface area contributed by atoms with Crippen LogP contribution in [0.4, 0.5) is 0 Å². The van der Waals surface area contributed by atoms with Gasteiger partial charge in [-0.3, -0.25) is 4.21 Å². The SMILES string of the molecule is NC1CCCCCCC1S(=O)C1CCCC1. The van der Waals surface area contributed by atoms with Gasteiger partial charge in [-0.2, -0.15) is 0 Å². The highest BCUT2D eigenvalue weighted by Crippen LogP contribution is 2.29. The monoisotopic (exact) mass is 243 g/mol. The maximum absolute atomic E-state index is 12.5. The fourth-order valence-corrected chi connectivity index (χ4v) is 5.31. The highest BCUT2D eigenvalue weighted by atomic mass is 32.2. The summed E-state index contributed by atoms with van der Waals surface area (Å²) in [6.07, 6.45) is 12.2. The average molecular weight is 243 g/mol. The molecule has 0 aliphatic heterocycles. The van der Waals surface area contributed by atoms with Crippen molar-refractivity contribution in [2.24, 2.45) is 5.73 Å². The fourth-order valence-electron chi connectivity index (χ4n) is 3.14. The minimum absolute atomic E-state index is 0.196. The first-order valence-electron chi connectivity index (χ1n) is 6.94. The van der Waals surface area contributed by atoms with E-state index < -0.39 is 10.8 Å². The van der Waals surface area contributed by atoms with Gasteiger partial charge in [0.25, 0.3) is 0 Å². The molecule has 2 fully saturated rings. The lowest BCUT2D eigenvalue weighted by atomic mass is 9.97. The molecule has 2 saturated carbocycles. The smallest absolute Gasteiger partial charge is 0.0501 e. The Kier molecular flexibility index (Phi) is 4.83. The molecule has 0 spiro atoms. The number of hydrogen-bond acceptors (Lipinski definition) is 2. The summed E-state index contributed by atoms with van der Waals surface area (Å²) in [5.41, 5.74) is 6.22. The lowest BCUT2D eigenvalue weighted by Gasteiger charge is -2.28. The second-order valence-electron chi connectivity index (χ2n) is 5.43. The van der Waals surface area contributed by atoms with Gasteiger partial charge in [-0.15, -0.1) is 0 Å². The van der Waals surface area contributed by atoms with Crippen molar-refractivity contribution in [3.05, 3.63) is 0 Å². The average Bonchev–Trinajstić information content (AvgIpc) is 2.76. The summed E-state index contributed by atoms with van der Waals surface area (Å²) in [7, 11) is -0.656. The van der Waals surface area contributed by atoms with E-state index in [0.717, 1.165) is 12.8 Å². The van der Waals surface area contributed by atoms with E-state index in [9.17, 15) is 4.21 Å². The van der Waals surface area contributed by atoms with Gasteiger partial charge in [0.05, 0.1) is 5.25 Å². The summed E-state index contributed by atoms with van der Waals surface area (Å²) < 4.78 is 12.5. The molecule has 94 valence electrons. The van der Waals surface area contributed by atoms with Gasteiger partial charge in [0.15, 0.2) is 0 Å². The van der Waals surface area contributed by atoms with Crippen molar-refractivity contribution in [2.45, 2.75) is 80.7 Å². The highest BCUT2D eigenvalue weighted by molar-refractivity contribution is 7.86. The molecule has 2 N–H and O–H groups in total. The zero-order valence-electron chi connectivity index (χ0n) is 10.2. The molecule has 3 atom stereocenters. The zero-order chi connectivity index (χ0) is 11.4. The van der Waals surface area contributed by atoms with Gasteiger partial charge in [-0.05, 0) is 25.7 Å². The Morgan fingerprint density at radius 2 is 1.38 bits per heavy atom. The van der Waals surface area contributed by atoms with Crippen LogP contribution in [0.3, 0.4) is 0 Å². The second-order valence-corrected chi connectivity index (χ2v) is 7.36. The Labute approximate surface area is 102 Å². The minimum atomic E-state index is -0.656. The van der Waals surface area contributed by atoms with Gasteiger partial charge < -0.3 is 5.73 Å². The molecule has 2 rings (SSSR count). The summed E-state index contributed by atoms with van der Waals surface area (Å²) in [4.78, 5) is 0. The molecule has 2 aliphatic rings. The van der Waals surface area contributed by atoms with Crippen molar-refractivity contribution in [1.82, 2.24) is 0 Å². The molecular weight excluding hydrogens is 218 g/mol. The topological polar surface area (TPSA) is 43.1 Å². The van der Waals surface area contributed by atoms with Crippen LogP contribution in [0, 0.1) is 0 Å². The predicted molar refractivity (Wildman–Crippen MR) is 69.9 cm³/mol. The van der Waals surface area contributed by atoms with Crippen LogP contribution >= 0.6 is 0 Å². The van der Waals surface area contributed by atoms with Crippen molar-refractivity contribution in [3.8, 4) is 0 Å². The Morgan fingerprint density at radius 3 is 2.06 bits per heavy atom. The minimum Gasteiger partial charge on any atom is -0.327 e. The van der Waals surface area contributed by atoms with Gasteiger partial charge >= 0.3 is 0 Å². The Balaban J connectivity index is 1.95. The van der Waals surface area contributed by atoms with Crippen LogP contribution in [0.15, 0.2) is 0 Å². The molecule has 0 aromatic carbocycles. The lowest BCUT2D eigenvalue weighted by molar-refractivity contribution is 0.454. The van der Waals surface area contributed by atoms with Crippen molar-refractivity contribution < 1.29 is 4.21 Å². The lowest BCUT2D eigenvalue weighted by Crippen LogP contribution is -2.41. The molecule has 0 amide bonds. The summed E-state index contributed by atoms with van der Waals surface area (Å²) in [6.45, 7) is 0. The van der Waals surface area contributed by atoms with Crippen LogP contribution < -0.4 is 5.73 Å². The molecule has 0 bridgehead atoms. The van der Waals surface area contributed by atoms with Crippen molar-refractivity contribution in [1.29, 1.82) is 0 Å². The maximum atomic E-state index is 12.5. The van der Waals surface area contributed by atoms with E-state index in [0.29, 0.717) is 10.5 Å². The summed E-state index contributed by atoms with van der Waals surface area (Å²) in [6, 6.07) is 0.196. The Bertz CT molecular complexity index is 238. The summed E-state index contributed by atoms with van der Waals surface area (Å²) >= 11 is 0. The van der Waals surface area contributed by atoms with Crippen LogP contribution in [-0.2, 0) is 10.8 Å². The van der Waals surface area contributed by atoms with Gasteiger partial charge in [-0.25, -0.2) is 0 Å². The highest BCUT2D eigenvalue weighted by Gasteiger charge is 2.31. The third-order valence-electron chi connectivity index (χ3n) is 4.18. The first-order valence-corrected chi connectivity index (χ1v) is 8.21.